The van der Waals surface area contributed by atoms with Gasteiger partial charge in [-0.1, -0.05) is 309 Å². The van der Waals surface area contributed by atoms with Gasteiger partial charge in [-0.05, 0) is 251 Å². The van der Waals surface area contributed by atoms with E-state index in [9.17, 15) is 0 Å². The molecule has 0 aliphatic carbocycles. The third-order valence-electron chi connectivity index (χ3n) is 22.4. The SMILES string of the molecule is c1ccc(-c2ccc(N(c3ccc(-c4ccccc4)cc3)c3ccc(-c4ccc5c(c4)c4cc(-c6ccccc6)ccc4n5-c4ccccc4)cc3)cc2)cc1.c1ccc(-n2c3ccccc3c3cc(-c4ccc(N(c5ccc(-c6ccc7ccccc7c6)cc5)c5ccc(-c6ccc7ccccc7c6)cc5)cc4)ccc32)cc1. The molecule has 0 spiro atoms. The second-order valence-electron chi connectivity index (χ2n) is 29.2. The van der Waals surface area contributed by atoms with Crippen molar-refractivity contribution in [1.82, 2.24) is 9.13 Å². The Morgan fingerprint density at radius 1 is 0.132 bits per heavy atom. The van der Waals surface area contributed by atoms with Crippen LogP contribution in [0.5, 0.6) is 0 Å². The van der Waals surface area contributed by atoms with Gasteiger partial charge in [0, 0.05) is 67.0 Å². The Bertz CT molecular complexity index is 6790. The fourth-order valence-electron chi connectivity index (χ4n) is 16.6. The molecule has 0 bridgehead atoms. The molecule has 4 nitrogen and oxygen atoms in total. The predicted octanol–water partition coefficient (Wildman–Crippen LogP) is 30.5. The number of fused-ring (bicyclic) bond motifs is 8. The summed E-state index contributed by atoms with van der Waals surface area (Å²) in [5, 5.41) is 9.99. The van der Waals surface area contributed by atoms with Crippen molar-refractivity contribution in [2.45, 2.75) is 0 Å². The first-order valence-corrected chi connectivity index (χ1v) is 39.1. The van der Waals surface area contributed by atoms with Gasteiger partial charge in [0.15, 0.2) is 0 Å². The van der Waals surface area contributed by atoms with Crippen molar-refractivity contribution in [1.29, 1.82) is 0 Å². The second kappa shape index (κ2) is 30.1. The van der Waals surface area contributed by atoms with Crippen molar-refractivity contribution < 1.29 is 0 Å². The van der Waals surface area contributed by atoms with E-state index in [1.165, 1.54) is 149 Å². The maximum absolute atomic E-state index is 2.39. The molecule has 0 aliphatic rings. The number of nitrogens with zero attached hydrogens (tertiary/aromatic N) is 4. The van der Waals surface area contributed by atoms with Crippen LogP contribution in [0.1, 0.15) is 0 Å². The van der Waals surface area contributed by atoms with Gasteiger partial charge in [-0.2, -0.15) is 0 Å². The summed E-state index contributed by atoms with van der Waals surface area (Å²) in [4.78, 5) is 4.70. The zero-order valence-electron chi connectivity index (χ0n) is 62.7. The van der Waals surface area contributed by atoms with E-state index in [1.54, 1.807) is 0 Å². The van der Waals surface area contributed by atoms with Crippen LogP contribution in [0.4, 0.5) is 34.1 Å². The summed E-state index contributed by atoms with van der Waals surface area (Å²) < 4.78 is 4.75. The third kappa shape index (κ3) is 13.3. The Labute approximate surface area is 664 Å². The fourth-order valence-corrected chi connectivity index (χ4v) is 16.6. The molecule has 0 atom stereocenters. The van der Waals surface area contributed by atoms with Crippen LogP contribution in [0, 0.1) is 0 Å². The summed E-state index contributed by atoms with van der Waals surface area (Å²) in [6, 6.07) is 167. The molecule has 21 rings (SSSR count). The summed E-state index contributed by atoms with van der Waals surface area (Å²) in [6.07, 6.45) is 0. The fraction of sp³-hybridized carbons (Fsp3) is 0. The summed E-state index contributed by atoms with van der Waals surface area (Å²) >= 11 is 0. The first-order valence-electron chi connectivity index (χ1n) is 39.1. The first-order chi connectivity index (χ1) is 56.5. The Balaban J connectivity index is 0.000000148. The maximum Gasteiger partial charge on any atom is 0.0541 e. The van der Waals surface area contributed by atoms with E-state index in [1.807, 2.05) is 0 Å². The van der Waals surface area contributed by atoms with E-state index in [0.717, 1.165) is 39.8 Å². The lowest BCUT2D eigenvalue weighted by molar-refractivity contribution is 1.18. The second-order valence-corrected chi connectivity index (χ2v) is 29.2. The van der Waals surface area contributed by atoms with E-state index < -0.39 is 0 Å². The Hall–Kier alpha value is -15.1. The number of benzene rings is 19. The highest BCUT2D eigenvalue weighted by atomic mass is 15.1. The van der Waals surface area contributed by atoms with E-state index in [2.05, 4.69) is 480 Å². The Morgan fingerprint density at radius 3 is 0.667 bits per heavy atom. The van der Waals surface area contributed by atoms with Crippen LogP contribution in [-0.2, 0) is 0 Å². The summed E-state index contributed by atoms with van der Waals surface area (Å²) in [5.74, 6) is 0. The van der Waals surface area contributed by atoms with Gasteiger partial charge in [-0.3, -0.25) is 0 Å². The van der Waals surface area contributed by atoms with Crippen molar-refractivity contribution in [3.8, 4) is 89.3 Å². The molecule has 21 aromatic rings. The van der Waals surface area contributed by atoms with E-state index >= 15 is 0 Å². The van der Waals surface area contributed by atoms with Crippen molar-refractivity contribution in [3.05, 3.63) is 461 Å². The van der Waals surface area contributed by atoms with Gasteiger partial charge in [-0.25, -0.2) is 0 Å². The Morgan fingerprint density at radius 2 is 0.342 bits per heavy atom. The van der Waals surface area contributed by atoms with Gasteiger partial charge in [0.25, 0.3) is 0 Å². The molecular weight excluding hydrogens is 1380 g/mol. The molecule has 0 N–H and O–H groups in total. The molecule has 0 fully saturated rings. The van der Waals surface area contributed by atoms with Crippen molar-refractivity contribution in [3.63, 3.8) is 0 Å². The molecule has 536 valence electrons. The predicted molar refractivity (Wildman–Crippen MR) is 484 cm³/mol. The van der Waals surface area contributed by atoms with Crippen molar-refractivity contribution >= 4 is 99.3 Å². The van der Waals surface area contributed by atoms with Crippen LogP contribution in [0.3, 0.4) is 0 Å². The third-order valence-corrected chi connectivity index (χ3v) is 22.4. The molecule has 2 heterocycles. The van der Waals surface area contributed by atoms with Crippen LogP contribution in [-0.4, -0.2) is 9.13 Å². The van der Waals surface area contributed by atoms with Gasteiger partial charge >= 0.3 is 0 Å². The highest BCUT2D eigenvalue weighted by Crippen LogP contribution is 2.44. The lowest BCUT2D eigenvalue weighted by Crippen LogP contribution is -2.09. The van der Waals surface area contributed by atoms with Crippen LogP contribution in [0.15, 0.2) is 461 Å². The molecular formula is C110H76N4. The van der Waals surface area contributed by atoms with Crippen molar-refractivity contribution in [2.75, 3.05) is 9.80 Å². The monoisotopic (exact) mass is 1450 g/mol. The molecule has 19 aromatic carbocycles. The number of anilines is 6. The molecule has 0 saturated heterocycles. The average Bonchev–Trinajstić information content (AvgIpc) is 1.59. The van der Waals surface area contributed by atoms with Crippen LogP contribution in [0.25, 0.3) is 154 Å². The number of aromatic nitrogens is 2. The first kappa shape index (κ1) is 68.2. The summed E-state index contributed by atoms with van der Waals surface area (Å²) in [7, 11) is 0. The molecule has 0 amide bonds. The molecule has 0 aliphatic heterocycles. The number of hydrogen-bond donors (Lipinski definition) is 0. The lowest BCUT2D eigenvalue weighted by atomic mass is 9.99. The van der Waals surface area contributed by atoms with E-state index in [-0.39, 0.29) is 0 Å². The smallest absolute Gasteiger partial charge is 0.0541 e. The zero-order chi connectivity index (χ0) is 75.7. The normalized spacial score (nSPS) is 11.3. The van der Waals surface area contributed by atoms with Crippen LogP contribution in [0.2, 0.25) is 0 Å². The van der Waals surface area contributed by atoms with Crippen LogP contribution < -0.4 is 9.80 Å². The van der Waals surface area contributed by atoms with E-state index in [0.29, 0.717) is 0 Å². The topological polar surface area (TPSA) is 16.3 Å². The molecule has 0 saturated carbocycles. The van der Waals surface area contributed by atoms with E-state index in [4.69, 9.17) is 0 Å². The van der Waals surface area contributed by atoms with Crippen LogP contribution >= 0.6 is 0 Å². The molecule has 2 aromatic heterocycles. The Kier molecular flexibility index (Phi) is 18.0. The van der Waals surface area contributed by atoms with Gasteiger partial charge in [0.1, 0.15) is 0 Å². The number of para-hydroxylation sites is 3. The average molecular weight is 1450 g/mol. The molecule has 0 radical (unpaired) electrons. The molecule has 114 heavy (non-hydrogen) atoms. The van der Waals surface area contributed by atoms with Gasteiger partial charge in [-0.15, -0.1) is 0 Å². The molecule has 4 heteroatoms. The number of rotatable bonds is 15. The quantitative estimate of drug-likeness (QED) is 0.102. The zero-order valence-corrected chi connectivity index (χ0v) is 62.7. The summed E-state index contributed by atoms with van der Waals surface area (Å²) in [5.41, 5.74) is 30.6. The highest BCUT2D eigenvalue weighted by Gasteiger charge is 2.21. The minimum absolute atomic E-state index is 1.10. The van der Waals surface area contributed by atoms with Gasteiger partial charge in [0.05, 0.1) is 22.1 Å². The summed E-state index contributed by atoms with van der Waals surface area (Å²) in [6.45, 7) is 0. The maximum atomic E-state index is 2.39. The standard InChI is InChI=1S/C56H38N2.C54H38N2/c1-2-14-49(15-3-1)58-55-17-9-8-16-53(55)54-38-48(28-35-56(54)58)43-26-33-52(34-27-43)57(50-29-22-41(23-30-50)46-20-18-39-10-4-6-12-44(39)36-46)51-31-24-42(25-32-51)47-21-19-40-11-5-7-13-45(40)37-47;1-5-13-39(14-6-1)42-21-29-48(30-22-42)55(49-31-23-43(24-32-49)40-15-7-2-8-16-40)50-33-25-44(26-34-50)46-28-36-54-52(38-46)51-37-45(41-17-9-3-10-18-41)27-35-53(51)56(54)47-19-11-4-12-20-47/h1-38H;1-38H. The van der Waals surface area contributed by atoms with Gasteiger partial charge < -0.3 is 18.9 Å². The lowest BCUT2D eigenvalue weighted by Gasteiger charge is -2.26. The minimum Gasteiger partial charge on any atom is -0.311 e. The molecule has 0 unspecified atom stereocenters. The van der Waals surface area contributed by atoms with Gasteiger partial charge in [0.2, 0.25) is 0 Å². The highest BCUT2D eigenvalue weighted by molar-refractivity contribution is 6.13. The van der Waals surface area contributed by atoms with Crippen molar-refractivity contribution in [2.24, 2.45) is 0 Å². The number of hydrogen-bond acceptors (Lipinski definition) is 2. The minimum atomic E-state index is 1.10. The largest absolute Gasteiger partial charge is 0.311 e.